The predicted octanol–water partition coefficient (Wildman–Crippen LogP) is 3.36. The Morgan fingerprint density at radius 1 is 1.29 bits per heavy atom. The van der Waals surface area contributed by atoms with Gasteiger partial charge in [-0.25, -0.2) is 0 Å². The average Bonchev–Trinajstić information content (AvgIpc) is 2.85. The van der Waals surface area contributed by atoms with Crippen molar-refractivity contribution in [3.8, 4) is 5.75 Å². The summed E-state index contributed by atoms with van der Waals surface area (Å²) in [5.74, 6) is -0.178. The lowest BCUT2D eigenvalue weighted by atomic mass is 10.1. The minimum absolute atomic E-state index is 0. The molecule has 1 fully saturated rings. The number of benzene rings is 1. The molecule has 1 aromatic carbocycles. The number of likely N-dealkylation sites (tertiary alicyclic amines) is 1. The molecule has 21 heavy (non-hydrogen) atoms. The highest BCUT2D eigenvalue weighted by Gasteiger charge is 2.31. The predicted molar refractivity (Wildman–Crippen MR) is 77.8 cm³/mol. The molecule has 0 radical (unpaired) electrons. The second kappa shape index (κ2) is 7.33. The van der Waals surface area contributed by atoms with E-state index in [4.69, 9.17) is 0 Å². The molecule has 1 aliphatic heterocycles. The molecule has 7 heteroatoms. The SMILES string of the molecule is CNC1CCN(C(C)c2ccc(OC(F)(F)F)cc2)C1.Cl. The lowest BCUT2D eigenvalue weighted by molar-refractivity contribution is -0.274. The van der Waals surface area contributed by atoms with E-state index in [9.17, 15) is 13.2 Å². The van der Waals surface area contributed by atoms with Crippen LogP contribution in [0.5, 0.6) is 5.75 Å². The zero-order valence-corrected chi connectivity index (χ0v) is 12.8. The van der Waals surface area contributed by atoms with Crippen LogP contribution in [0.15, 0.2) is 24.3 Å². The van der Waals surface area contributed by atoms with E-state index in [1.807, 2.05) is 7.05 Å². The van der Waals surface area contributed by atoms with E-state index in [2.05, 4.69) is 21.9 Å². The van der Waals surface area contributed by atoms with Gasteiger partial charge in [0.15, 0.2) is 0 Å². The summed E-state index contributed by atoms with van der Waals surface area (Å²) in [7, 11) is 1.95. The topological polar surface area (TPSA) is 24.5 Å². The first-order valence-corrected chi connectivity index (χ1v) is 6.66. The van der Waals surface area contributed by atoms with E-state index in [0.29, 0.717) is 6.04 Å². The van der Waals surface area contributed by atoms with Crippen LogP contribution in [0.2, 0.25) is 0 Å². The highest BCUT2D eigenvalue weighted by atomic mass is 35.5. The van der Waals surface area contributed by atoms with Crippen molar-refractivity contribution in [3.63, 3.8) is 0 Å². The monoisotopic (exact) mass is 324 g/mol. The van der Waals surface area contributed by atoms with Gasteiger partial charge in [-0.2, -0.15) is 0 Å². The Hall–Kier alpha value is -0.980. The van der Waals surface area contributed by atoms with E-state index in [0.717, 1.165) is 25.1 Å². The molecule has 3 nitrogen and oxygen atoms in total. The van der Waals surface area contributed by atoms with Crippen LogP contribution >= 0.6 is 12.4 Å². The Balaban J connectivity index is 0.00000220. The average molecular weight is 325 g/mol. The Bertz CT molecular complexity index is 439. The summed E-state index contributed by atoms with van der Waals surface area (Å²) in [6, 6.07) is 6.80. The van der Waals surface area contributed by atoms with Crippen LogP contribution in [0.3, 0.4) is 0 Å². The fraction of sp³-hybridized carbons (Fsp3) is 0.571. The fourth-order valence-corrected chi connectivity index (χ4v) is 2.53. The van der Waals surface area contributed by atoms with Crippen molar-refractivity contribution in [1.29, 1.82) is 0 Å². The van der Waals surface area contributed by atoms with Gasteiger partial charge in [0.2, 0.25) is 0 Å². The minimum atomic E-state index is -4.64. The van der Waals surface area contributed by atoms with Crippen LogP contribution in [0, 0.1) is 0 Å². The van der Waals surface area contributed by atoms with Gasteiger partial charge in [0.05, 0.1) is 0 Å². The second-order valence-electron chi connectivity index (χ2n) is 5.06. The van der Waals surface area contributed by atoms with Crippen molar-refractivity contribution >= 4 is 12.4 Å². The normalized spacial score (nSPS) is 20.9. The number of halogens is 4. The maximum Gasteiger partial charge on any atom is 0.573 e. The molecule has 1 aromatic rings. The molecule has 1 heterocycles. The zero-order valence-electron chi connectivity index (χ0n) is 12.0. The van der Waals surface area contributed by atoms with E-state index in [1.54, 1.807) is 12.1 Å². The first-order valence-electron chi connectivity index (χ1n) is 6.66. The molecule has 120 valence electrons. The standard InChI is InChI=1S/C14H19F3N2O.ClH/c1-10(19-8-7-12(9-19)18-2)11-3-5-13(6-4-11)20-14(15,16)17;/h3-6,10,12,18H,7-9H2,1-2H3;1H. The number of nitrogens with one attached hydrogen (secondary N) is 1. The molecular weight excluding hydrogens is 305 g/mol. The first-order chi connectivity index (χ1) is 9.39. The van der Waals surface area contributed by atoms with E-state index in [-0.39, 0.29) is 24.2 Å². The van der Waals surface area contributed by atoms with Crippen molar-refractivity contribution in [3.05, 3.63) is 29.8 Å². The lowest BCUT2D eigenvalue weighted by Crippen LogP contribution is -2.31. The first kappa shape index (κ1) is 18.1. The van der Waals surface area contributed by atoms with Crippen LogP contribution in [0.1, 0.15) is 24.9 Å². The maximum atomic E-state index is 12.1. The zero-order chi connectivity index (χ0) is 14.8. The summed E-state index contributed by atoms with van der Waals surface area (Å²) >= 11 is 0. The number of nitrogens with zero attached hydrogens (tertiary/aromatic N) is 1. The molecule has 2 rings (SSSR count). The largest absolute Gasteiger partial charge is 0.573 e. The Labute approximate surface area is 128 Å². The maximum absolute atomic E-state index is 12.1. The van der Waals surface area contributed by atoms with Crippen LogP contribution in [0.25, 0.3) is 0 Å². The van der Waals surface area contributed by atoms with Gasteiger partial charge in [0.25, 0.3) is 0 Å². The molecule has 2 atom stereocenters. The van der Waals surface area contributed by atoms with Gasteiger partial charge in [-0.05, 0) is 38.1 Å². The Kier molecular flexibility index (Phi) is 6.31. The molecule has 0 aromatic heterocycles. The third-order valence-corrected chi connectivity index (χ3v) is 3.77. The third kappa shape index (κ3) is 5.05. The highest BCUT2D eigenvalue weighted by molar-refractivity contribution is 5.85. The van der Waals surface area contributed by atoms with Crippen molar-refractivity contribution in [2.75, 3.05) is 20.1 Å². The van der Waals surface area contributed by atoms with E-state index in [1.165, 1.54) is 12.1 Å². The molecule has 1 N–H and O–H groups in total. The molecule has 1 aliphatic rings. The number of rotatable bonds is 4. The van der Waals surface area contributed by atoms with Gasteiger partial charge in [-0.1, -0.05) is 12.1 Å². The number of hydrogen-bond acceptors (Lipinski definition) is 3. The van der Waals surface area contributed by atoms with E-state index >= 15 is 0 Å². The summed E-state index contributed by atoms with van der Waals surface area (Å²) < 4.78 is 40.1. The molecule has 2 unspecified atom stereocenters. The van der Waals surface area contributed by atoms with Gasteiger partial charge in [-0.3, -0.25) is 4.90 Å². The molecule has 0 saturated carbocycles. The summed E-state index contributed by atoms with van der Waals surface area (Å²) in [6.45, 7) is 4.02. The van der Waals surface area contributed by atoms with Crippen molar-refractivity contribution < 1.29 is 17.9 Å². The molecule has 0 bridgehead atoms. The number of hydrogen-bond donors (Lipinski definition) is 1. The van der Waals surface area contributed by atoms with Crippen LogP contribution < -0.4 is 10.1 Å². The summed E-state index contributed by atoms with van der Waals surface area (Å²) in [4.78, 5) is 2.32. The van der Waals surface area contributed by atoms with E-state index < -0.39 is 6.36 Å². The lowest BCUT2D eigenvalue weighted by Gasteiger charge is -2.25. The van der Waals surface area contributed by atoms with Gasteiger partial charge < -0.3 is 10.1 Å². The minimum Gasteiger partial charge on any atom is -0.406 e. The Morgan fingerprint density at radius 2 is 1.90 bits per heavy atom. The quantitative estimate of drug-likeness (QED) is 0.919. The van der Waals surface area contributed by atoms with Crippen LogP contribution in [-0.2, 0) is 0 Å². The number of likely N-dealkylation sites (N-methyl/N-ethyl adjacent to an activating group) is 1. The van der Waals surface area contributed by atoms with Gasteiger partial charge >= 0.3 is 6.36 Å². The second-order valence-corrected chi connectivity index (χ2v) is 5.06. The number of alkyl halides is 3. The van der Waals surface area contributed by atoms with Gasteiger partial charge in [0, 0.05) is 25.2 Å². The molecule has 1 saturated heterocycles. The van der Waals surface area contributed by atoms with Crippen LogP contribution in [0.4, 0.5) is 13.2 Å². The van der Waals surface area contributed by atoms with Crippen molar-refractivity contribution in [2.45, 2.75) is 31.8 Å². The highest BCUT2D eigenvalue weighted by Crippen LogP contribution is 2.28. The van der Waals surface area contributed by atoms with Crippen molar-refractivity contribution in [1.82, 2.24) is 10.2 Å². The molecular formula is C14H20ClF3N2O. The van der Waals surface area contributed by atoms with Crippen LogP contribution in [-0.4, -0.2) is 37.4 Å². The Morgan fingerprint density at radius 3 is 2.38 bits per heavy atom. The van der Waals surface area contributed by atoms with Crippen molar-refractivity contribution in [2.24, 2.45) is 0 Å². The molecule has 0 aliphatic carbocycles. The van der Waals surface area contributed by atoms with Gasteiger partial charge in [-0.15, -0.1) is 25.6 Å². The number of ether oxygens (including phenoxy) is 1. The molecule has 0 amide bonds. The fourth-order valence-electron chi connectivity index (χ4n) is 2.53. The smallest absolute Gasteiger partial charge is 0.406 e. The molecule has 0 spiro atoms. The summed E-state index contributed by atoms with van der Waals surface area (Å²) in [5.41, 5.74) is 0.997. The summed E-state index contributed by atoms with van der Waals surface area (Å²) in [5, 5.41) is 3.25. The third-order valence-electron chi connectivity index (χ3n) is 3.77. The summed E-state index contributed by atoms with van der Waals surface area (Å²) in [6.07, 6.45) is -3.54. The van der Waals surface area contributed by atoms with Gasteiger partial charge in [0.1, 0.15) is 5.75 Å².